The number of hydrogen-bond donors (Lipinski definition) is 2. The van der Waals surface area contributed by atoms with Gasteiger partial charge < -0.3 is 20.7 Å². The molecule has 1 aliphatic rings. The van der Waals surface area contributed by atoms with Crippen LogP contribution in [-0.2, 0) is 0 Å². The first-order valence-corrected chi connectivity index (χ1v) is 6.11. The van der Waals surface area contributed by atoms with Crippen molar-refractivity contribution in [3.63, 3.8) is 0 Å². The lowest BCUT2D eigenvalue weighted by Crippen LogP contribution is -2.41. The number of nitrogens with one attached hydrogen (secondary N) is 1. The van der Waals surface area contributed by atoms with Gasteiger partial charge in [0.05, 0.1) is 12.8 Å². The van der Waals surface area contributed by atoms with Crippen molar-refractivity contribution in [1.29, 1.82) is 0 Å². The second-order valence-corrected chi connectivity index (χ2v) is 4.36. The first kappa shape index (κ1) is 12.5. The standard InChI is InChI=1S/C13H20N4O/c1-15-13(14)16-10-7-8-17(9-10)11-5-3-4-6-12(11)18-2/h3-6,10H,7-9H2,1-2H3,(H3,14,15,16). The number of aliphatic imine (C=N–C) groups is 1. The summed E-state index contributed by atoms with van der Waals surface area (Å²) in [5.41, 5.74) is 6.82. The second-order valence-electron chi connectivity index (χ2n) is 4.36. The number of anilines is 1. The molecule has 1 atom stereocenters. The Balaban J connectivity index is 2.04. The van der Waals surface area contributed by atoms with Crippen molar-refractivity contribution in [2.24, 2.45) is 10.7 Å². The SMILES string of the molecule is CN=C(N)NC1CCN(c2ccccc2OC)C1. The molecule has 5 heteroatoms. The molecule has 5 nitrogen and oxygen atoms in total. The molecule has 0 aliphatic carbocycles. The van der Waals surface area contributed by atoms with Crippen molar-refractivity contribution in [3.05, 3.63) is 24.3 Å². The third-order valence-electron chi connectivity index (χ3n) is 3.21. The molecule has 0 bridgehead atoms. The van der Waals surface area contributed by atoms with E-state index in [0.717, 1.165) is 30.9 Å². The zero-order chi connectivity index (χ0) is 13.0. The molecule has 1 aromatic rings. The Bertz CT molecular complexity index is 433. The molecule has 1 unspecified atom stereocenters. The van der Waals surface area contributed by atoms with E-state index in [1.165, 1.54) is 0 Å². The lowest BCUT2D eigenvalue weighted by molar-refractivity contribution is 0.415. The Morgan fingerprint density at radius 3 is 3.00 bits per heavy atom. The molecule has 0 aromatic heterocycles. The van der Waals surface area contributed by atoms with Gasteiger partial charge in [-0.15, -0.1) is 0 Å². The normalized spacial score (nSPS) is 20.0. The average molecular weight is 248 g/mol. The van der Waals surface area contributed by atoms with Gasteiger partial charge in [0.25, 0.3) is 0 Å². The first-order chi connectivity index (χ1) is 8.74. The summed E-state index contributed by atoms with van der Waals surface area (Å²) in [5.74, 6) is 1.41. The largest absolute Gasteiger partial charge is 0.495 e. The minimum Gasteiger partial charge on any atom is -0.495 e. The van der Waals surface area contributed by atoms with E-state index in [2.05, 4.69) is 21.3 Å². The number of hydrogen-bond acceptors (Lipinski definition) is 3. The van der Waals surface area contributed by atoms with Crippen LogP contribution in [0.5, 0.6) is 5.75 Å². The first-order valence-electron chi connectivity index (χ1n) is 6.11. The van der Waals surface area contributed by atoms with E-state index in [1.807, 2.05) is 18.2 Å². The van der Waals surface area contributed by atoms with Crippen LogP contribution in [0.1, 0.15) is 6.42 Å². The fraction of sp³-hybridized carbons (Fsp3) is 0.462. The summed E-state index contributed by atoms with van der Waals surface area (Å²) in [6.45, 7) is 1.91. The van der Waals surface area contributed by atoms with Crippen molar-refractivity contribution in [2.45, 2.75) is 12.5 Å². The number of nitrogens with zero attached hydrogens (tertiary/aromatic N) is 2. The Morgan fingerprint density at radius 1 is 1.50 bits per heavy atom. The molecule has 1 aromatic carbocycles. The molecular formula is C13H20N4O. The monoisotopic (exact) mass is 248 g/mol. The molecule has 3 N–H and O–H groups in total. The predicted molar refractivity (Wildman–Crippen MR) is 74.3 cm³/mol. The van der Waals surface area contributed by atoms with E-state index >= 15 is 0 Å². The minimum absolute atomic E-state index is 0.346. The van der Waals surface area contributed by atoms with E-state index in [4.69, 9.17) is 10.5 Å². The van der Waals surface area contributed by atoms with Gasteiger partial charge in [-0.25, -0.2) is 0 Å². The lowest BCUT2D eigenvalue weighted by atomic mass is 10.2. The van der Waals surface area contributed by atoms with Crippen LogP contribution in [0.25, 0.3) is 0 Å². The van der Waals surface area contributed by atoms with Crippen LogP contribution in [0.4, 0.5) is 5.69 Å². The van der Waals surface area contributed by atoms with Crippen molar-refractivity contribution < 1.29 is 4.74 Å². The molecule has 1 saturated heterocycles. The number of guanidine groups is 1. The Hall–Kier alpha value is -1.91. The van der Waals surface area contributed by atoms with Crippen LogP contribution >= 0.6 is 0 Å². The highest BCUT2D eigenvalue weighted by Gasteiger charge is 2.24. The maximum Gasteiger partial charge on any atom is 0.188 e. The fourth-order valence-corrected chi connectivity index (χ4v) is 2.26. The number of nitrogens with two attached hydrogens (primary N) is 1. The third kappa shape index (κ3) is 2.67. The van der Waals surface area contributed by atoms with E-state index < -0.39 is 0 Å². The van der Waals surface area contributed by atoms with E-state index in [1.54, 1.807) is 14.2 Å². The van der Waals surface area contributed by atoms with Gasteiger partial charge in [0.2, 0.25) is 0 Å². The lowest BCUT2D eigenvalue weighted by Gasteiger charge is -2.21. The van der Waals surface area contributed by atoms with Crippen molar-refractivity contribution in [1.82, 2.24) is 5.32 Å². The van der Waals surface area contributed by atoms with Crippen LogP contribution in [0.15, 0.2) is 29.3 Å². The molecule has 2 rings (SSSR count). The molecule has 0 spiro atoms. The van der Waals surface area contributed by atoms with Gasteiger partial charge in [-0.1, -0.05) is 12.1 Å². The minimum atomic E-state index is 0.346. The number of para-hydroxylation sites is 2. The van der Waals surface area contributed by atoms with Gasteiger partial charge in [-0.05, 0) is 18.6 Å². The highest BCUT2D eigenvalue weighted by atomic mass is 16.5. The van der Waals surface area contributed by atoms with Crippen LogP contribution in [0.3, 0.4) is 0 Å². The molecule has 1 aliphatic heterocycles. The summed E-state index contributed by atoms with van der Waals surface area (Å²) in [4.78, 5) is 6.23. The predicted octanol–water partition coefficient (Wildman–Crippen LogP) is 0.808. The highest BCUT2D eigenvalue weighted by molar-refractivity contribution is 5.78. The van der Waals surface area contributed by atoms with E-state index in [9.17, 15) is 0 Å². The topological polar surface area (TPSA) is 62.9 Å². The molecule has 0 amide bonds. The van der Waals surface area contributed by atoms with Crippen LogP contribution in [0.2, 0.25) is 0 Å². The maximum atomic E-state index is 5.69. The summed E-state index contributed by atoms with van der Waals surface area (Å²) in [6.07, 6.45) is 1.05. The third-order valence-corrected chi connectivity index (χ3v) is 3.21. The number of ether oxygens (including phenoxy) is 1. The summed E-state index contributed by atoms with van der Waals surface area (Å²) >= 11 is 0. The number of methoxy groups -OCH3 is 1. The summed E-state index contributed by atoms with van der Waals surface area (Å²) < 4.78 is 5.38. The Morgan fingerprint density at radius 2 is 2.28 bits per heavy atom. The summed E-state index contributed by atoms with van der Waals surface area (Å²) in [7, 11) is 3.39. The maximum absolute atomic E-state index is 5.69. The van der Waals surface area contributed by atoms with E-state index in [0.29, 0.717) is 12.0 Å². The van der Waals surface area contributed by atoms with Crippen LogP contribution in [-0.4, -0.2) is 39.2 Å². The van der Waals surface area contributed by atoms with E-state index in [-0.39, 0.29) is 0 Å². The zero-order valence-corrected chi connectivity index (χ0v) is 10.9. The quantitative estimate of drug-likeness (QED) is 0.614. The Labute approximate surface area is 108 Å². The van der Waals surface area contributed by atoms with Gasteiger partial charge in [-0.2, -0.15) is 0 Å². The summed E-state index contributed by atoms with van der Waals surface area (Å²) in [5, 5.41) is 3.21. The molecular weight excluding hydrogens is 228 g/mol. The van der Waals surface area contributed by atoms with Crippen LogP contribution in [0, 0.1) is 0 Å². The summed E-state index contributed by atoms with van der Waals surface area (Å²) in [6, 6.07) is 8.42. The van der Waals surface area contributed by atoms with Crippen LogP contribution < -0.4 is 20.7 Å². The second kappa shape index (κ2) is 5.62. The van der Waals surface area contributed by atoms with Gasteiger partial charge >= 0.3 is 0 Å². The smallest absolute Gasteiger partial charge is 0.188 e. The van der Waals surface area contributed by atoms with Gasteiger partial charge in [0.1, 0.15) is 5.75 Å². The number of benzene rings is 1. The highest BCUT2D eigenvalue weighted by Crippen LogP contribution is 2.30. The molecule has 0 radical (unpaired) electrons. The molecule has 18 heavy (non-hydrogen) atoms. The fourth-order valence-electron chi connectivity index (χ4n) is 2.26. The van der Waals surface area contributed by atoms with Gasteiger partial charge in [0, 0.05) is 26.2 Å². The van der Waals surface area contributed by atoms with Gasteiger partial charge in [-0.3, -0.25) is 4.99 Å². The number of rotatable bonds is 3. The van der Waals surface area contributed by atoms with Crippen molar-refractivity contribution in [3.8, 4) is 5.75 Å². The van der Waals surface area contributed by atoms with Crippen molar-refractivity contribution in [2.75, 3.05) is 32.1 Å². The van der Waals surface area contributed by atoms with Crippen molar-refractivity contribution >= 4 is 11.6 Å². The molecule has 0 saturated carbocycles. The molecule has 1 fully saturated rings. The molecule has 98 valence electrons. The van der Waals surface area contributed by atoms with Gasteiger partial charge in [0.15, 0.2) is 5.96 Å². The average Bonchev–Trinajstić information content (AvgIpc) is 2.86. The Kier molecular flexibility index (Phi) is 3.92. The molecule has 1 heterocycles. The zero-order valence-electron chi connectivity index (χ0n) is 10.9.